The minimum atomic E-state index is -4.64. The van der Waals surface area contributed by atoms with Crippen LogP contribution in [0.1, 0.15) is 40.6 Å². The second-order valence-corrected chi connectivity index (χ2v) is 10.8. The van der Waals surface area contributed by atoms with Crippen molar-refractivity contribution < 1.29 is 22.4 Å². The van der Waals surface area contributed by atoms with Crippen LogP contribution in [0.15, 0.2) is 95.1 Å². The molecule has 2 atom stereocenters. The molecule has 0 aliphatic carbocycles. The van der Waals surface area contributed by atoms with Crippen LogP contribution in [0.4, 0.5) is 17.6 Å². The summed E-state index contributed by atoms with van der Waals surface area (Å²) in [5.74, 6) is -1.75. The molecule has 2 aliphatic heterocycles. The third-order valence-electron chi connectivity index (χ3n) is 7.70. The number of hydrogen-bond donors (Lipinski definition) is 1. The summed E-state index contributed by atoms with van der Waals surface area (Å²) < 4.78 is 54.9. The quantitative estimate of drug-likeness (QED) is 0.174. The van der Waals surface area contributed by atoms with Gasteiger partial charge in [0.2, 0.25) is 0 Å². The minimum absolute atomic E-state index is 0.0125. The van der Waals surface area contributed by atoms with Gasteiger partial charge in [-0.15, -0.1) is 0 Å². The highest BCUT2D eigenvalue weighted by atomic mass is 127. The fourth-order valence-corrected chi connectivity index (χ4v) is 6.41. The van der Waals surface area contributed by atoms with E-state index in [9.17, 15) is 22.4 Å². The number of ketones is 1. The number of carbonyl (C=O) groups excluding carboxylic acids is 1. The van der Waals surface area contributed by atoms with Gasteiger partial charge in [-0.25, -0.2) is 4.39 Å². The van der Waals surface area contributed by atoms with E-state index >= 15 is 0 Å². The van der Waals surface area contributed by atoms with Crippen LogP contribution in [0.5, 0.6) is 0 Å². The molecule has 5 rings (SSSR count). The zero-order valence-electron chi connectivity index (χ0n) is 21.5. The van der Waals surface area contributed by atoms with Crippen LogP contribution in [0.25, 0.3) is 0 Å². The first-order valence-corrected chi connectivity index (χ1v) is 14.6. The summed E-state index contributed by atoms with van der Waals surface area (Å²) in [4.78, 5) is 21.2. The molecule has 0 spiro atoms. The lowest BCUT2D eigenvalue weighted by Crippen LogP contribution is -2.45. The average molecular weight is 661 g/mol. The Morgan fingerprint density at radius 1 is 1.00 bits per heavy atom. The second-order valence-electron chi connectivity index (χ2n) is 10.0. The van der Waals surface area contributed by atoms with E-state index in [1.165, 1.54) is 0 Å². The van der Waals surface area contributed by atoms with Crippen molar-refractivity contribution in [2.45, 2.75) is 24.6 Å². The molecular weight excluding hydrogens is 633 g/mol. The van der Waals surface area contributed by atoms with E-state index in [1.54, 1.807) is 0 Å². The van der Waals surface area contributed by atoms with Crippen molar-refractivity contribution in [1.82, 2.24) is 4.90 Å². The number of benzene rings is 3. The van der Waals surface area contributed by atoms with Gasteiger partial charge >= 0.3 is 6.18 Å². The minimum Gasteiger partial charge on any atom is -0.329 e. The fourth-order valence-electron chi connectivity index (χ4n) is 5.77. The predicted molar refractivity (Wildman–Crippen MR) is 156 cm³/mol. The number of alkyl halides is 4. The zero-order valence-corrected chi connectivity index (χ0v) is 23.7. The van der Waals surface area contributed by atoms with Crippen LogP contribution in [0, 0.1) is 11.7 Å². The first-order chi connectivity index (χ1) is 19.2. The summed E-state index contributed by atoms with van der Waals surface area (Å²) >= 11 is 2.25. The molecule has 9 heteroatoms. The van der Waals surface area contributed by atoms with E-state index in [0.29, 0.717) is 29.0 Å². The van der Waals surface area contributed by atoms with Gasteiger partial charge in [0.1, 0.15) is 5.82 Å². The average Bonchev–Trinajstić information content (AvgIpc) is 2.96. The fraction of sp³-hybridized carbons (Fsp3) is 0.290. The molecule has 2 aliphatic rings. The van der Waals surface area contributed by atoms with Crippen LogP contribution in [-0.4, -0.2) is 40.5 Å². The van der Waals surface area contributed by atoms with Gasteiger partial charge in [-0.3, -0.25) is 14.7 Å². The Kier molecular flexibility index (Phi) is 8.53. The van der Waals surface area contributed by atoms with E-state index in [2.05, 4.69) is 22.6 Å². The van der Waals surface area contributed by atoms with Gasteiger partial charge in [0, 0.05) is 58.9 Å². The Bertz CT molecular complexity index is 1400. The maximum Gasteiger partial charge on any atom is 0.416 e. The lowest BCUT2D eigenvalue weighted by molar-refractivity contribution is -0.137. The molecule has 2 heterocycles. The van der Waals surface area contributed by atoms with Crippen molar-refractivity contribution >= 4 is 34.1 Å². The molecule has 0 radical (unpaired) electrons. The Hall–Kier alpha value is -2.89. The molecule has 4 nitrogen and oxygen atoms in total. The van der Waals surface area contributed by atoms with Gasteiger partial charge in [-0.1, -0.05) is 89.3 Å². The number of nitrogens with two attached hydrogens (primary N) is 1. The highest BCUT2D eigenvalue weighted by Crippen LogP contribution is 2.41. The van der Waals surface area contributed by atoms with Gasteiger partial charge in [0.25, 0.3) is 0 Å². The summed E-state index contributed by atoms with van der Waals surface area (Å²) in [5.41, 5.74) is 9.20. The van der Waals surface area contributed by atoms with E-state index in [0.717, 1.165) is 34.7 Å². The summed E-state index contributed by atoms with van der Waals surface area (Å²) in [6.07, 6.45) is -4.18. The van der Waals surface area contributed by atoms with Crippen molar-refractivity contribution in [3.8, 4) is 0 Å². The SMILES string of the molecule is NCC(c1ccc(C(F)(F)F)cc1F)N1CCC2=C(C1)C(=O)C(C(c1ccccc1)c1ccccc1)C(CI)=N2. The highest BCUT2D eigenvalue weighted by Gasteiger charge is 2.42. The Morgan fingerprint density at radius 2 is 1.62 bits per heavy atom. The van der Waals surface area contributed by atoms with Crippen molar-refractivity contribution in [3.63, 3.8) is 0 Å². The first-order valence-electron chi connectivity index (χ1n) is 13.0. The molecule has 3 aromatic carbocycles. The molecule has 3 aromatic rings. The number of halogens is 5. The zero-order chi connectivity index (χ0) is 28.4. The monoisotopic (exact) mass is 661 g/mol. The Balaban J connectivity index is 1.50. The maximum atomic E-state index is 14.9. The van der Waals surface area contributed by atoms with Gasteiger partial charge in [-0.05, 0) is 23.3 Å². The van der Waals surface area contributed by atoms with Crippen molar-refractivity contribution in [3.05, 3.63) is 118 Å². The van der Waals surface area contributed by atoms with Gasteiger partial charge in [0.05, 0.1) is 17.5 Å². The molecule has 0 amide bonds. The lowest BCUT2D eigenvalue weighted by atomic mass is 9.73. The lowest BCUT2D eigenvalue weighted by Gasteiger charge is -2.39. The molecular formula is C31H28F4IN3O. The van der Waals surface area contributed by atoms with Crippen molar-refractivity contribution in [2.24, 2.45) is 16.6 Å². The summed E-state index contributed by atoms with van der Waals surface area (Å²) in [6.45, 7) is 0.640. The van der Waals surface area contributed by atoms with Gasteiger partial charge in [0.15, 0.2) is 5.78 Å². The summed E-state index contributed by atoms with van der Waals surface area (Å²) in [7, 11) is 0. The van der Waals surface area contributed by atoms with Crippen LogP contribution in [-0.2, 0) is 11.0 Å². The number of hydrogen-bond acceptors (Lipinski definition) is 4. The third kappa shape index (κ3) is 5.64. The molecule has 0 bridgehead atoms. The van der Waals surface area contributed by atoms with Crippen LogP contribution in [0.3, 0.4) is 0 Å². The number of carbonyl (C=O) groups is 1. The molecule has 40 heavy (non-hydrogen) atoms. The van der Waals surface area contributed by atoms with E-state index < -0.39 is 29.5 Å². The summed E-state index contributed by atoms with van der Waals surface area (Å²) in [5, 5.41) is 0. The molecule has 0 aromatic heterocycles. The van der Waals surface area contributed by atoms with E-state index in [-0.39, 0.29) is 30.4 Å². The van der Waals surface area contributed by atoms with Crippen LogP contribution >= 0.6 is 22.6 Å². The maximum absolute atomic E-state index is 14.9. The normalized spacial score (nSPS) is 19.0. The smallest absolute Gasteiger partial charge is 0.329 e. The molecule has 2 unspecified atom stereocenters. The van der Waals surface area contributed by atoms with Crippen LogP contribution in [0.2, 0.25) is 0 Å². The molecule has 2 N–H and O–H groups in total. The first kappa shape index (κ1) is 28.6. The number of rotatable bonds is 7. The predicted octanol–water partition coefficient (Wildman–Crippen LogP) is 6.71. The molecule has 208 valence electrons. The van der Waals surface area contributed by atoms with E-state index in [4.69, 9.17) is 10.7 Å². The highest BCUT2D eigenvalue weighted by molar-refractivity contribution is 14.1. The summed E-state index contributed by atoms with van der Waals surface area (Å²) in [6, 6.07) is 21.6. The van der Waals surface area contributed by atoms with Gasteiger partial charge < -0.3 is 5.73 Å². The number of nitrogens with zero attached hydrogens (tertiary/aromatic N) is 2. The molecule has 0 saturated carbocycles. The Morgan fingerprint density at radius 3 is 2.15 bits per heavy atom. The second kappa shape index (κ2) is 11.9. The number of Topliss-reactive ketones (excluding diaryl/α,β-unsaturated/α-hetero) is 1. The standard InChI is InChI=1S/C31H28F4IN3O/c32-24-15-21(31(33,34)35)11-12-22(24)27(17-37)39-14-13-25-23(18-39)30(40)29(26(16-36)38-25)28(19-7-3-1-4-8-19)20-9-5-2-6-10-20/h1-12,15,27-29H,13-14,16-18,37H2. The molecule has 0 fully saturated rings. The largest absolute Gasteiger partial charge is 0.416 e. The van der Waals surface area contributed by atoms with Gasteiger partial charge in [-0.2, -0.15) is 13.2 Å². The Labute approximate surface area is 244 Å². The molecule has 0 saturated heterocycles. The van der Waals surface area contributed by atoms with Crippen molar-refractivity contribution in [1.29, 1.82) is 0 Å². The topological polar surface area (TPSA) is 58.7 Å². The van der Waals surface area contributed by atoms with E-state index in [1.807, 2.05) is 65.6 Å². The van der Waals surface area contributed by atoms with Crippen molar-refractivity contribution in [2.75, 3.05) is 24.1 Å². The third-order valence-corrected chi connectivity index (χ3v) is 8.48. The van der Waals surface area contributed by atoms with Crippen LogP contribution < -0.4 is 5.73 Å². The number of aliphatic imine (C=N–C) groups is 1.